The molecule has 0 aliphatic rings. The van der Waals surface area contributed by atoms with Crippen LogP contribution in [-0.2, 0) is 10.2 Å². The Kier molecular flexibility index (Phi) is 5.77. The Morgan fingerprint density at radius 2 is 1.24 bits per heavy atom. The molecular weight excluding hydrogens is 420 g/mol. The number of furan rings is 1. The smallest absolute Gasteiger partial charge is 0.342 e. The lowest BCUT2D eigenvalue weighted by atomic mass is 9.65. The monoisotopic (exact) mass is 446 g/mol. The van der Waals surface area contributed by atoms with Crippen LogP contribution in [0.2, 0.25) is 0 Å². The lowest BCUT2D eigenvalue weighted by molar-refractivity contribution is 0.0526. The number of benzene rings is 4. The SMILES string of the molecule is CCOC(=O)c1c(C)oc2cc(C(c3ccccc3)(c3ccccc3)c3ccccc3)ccc12. The van der Waals surface area contributed by atoms with Gasteiger partial charge in [0.25, 0.3) is 0 Å². The third-order valence-corrected chi connectivity index (χ3v) is 6.40. The van der Waals surface area contributed by atoms with Crippen molar-refractivity contribution in [2.75, 3.05) is 6.61 Å². The Hall–Kier alpha value is -4.11. The van der Waals surface area contributed by atoms with Gasteiger partial charge in [-0.05, 0) is 48.2 Å². The van der Waals surface area contributed by atoms with E-state index in [1.54, 1.807) is 0 Å². The van der Waals surface area contributed by atoms with Crippen molar-refractivity contribution in [2.24, 2.45) is 0 Å². The molecule has 5 aromatic rings. The van der Waals surface area contributed by atoms with Gasteiger partial charge < -0.3 is 9.15 Å². The van der Waals surface area contributed by atoms with Gasteiger partial charge in [0, 0.05) is 5.39 Å². The Balaban J connectivity index is 1.84. The van der Waals surface area contributed by atoms with Crippen LogP contribution in [0.3, 0.4) is 0 Å². The maximum absolute atomic E-state index is 12.6. The molecule has 0 bridgehead atoms. The van der Waals surface area contributed by atoms with Crippen LogP contribution in [0.15, 0.2) is 114 Å². The third-order valence-electron chi connectivity index (χ3n) is 6.40. The third kappa shape index (κ3) is 3.50. The van der Waals surface area contributed by atoms with Gasteiger partial charge in [-0.2, -0.15) is 0 Å². The number of carbonyl (C=O) groups is 1. The quantitative estimate of drug-likeness (QED) is 0.203. The Labute approximate surface area is 199 Å². The topological polar surface area (TPSA) is 39.4 Å². The average molecular weight is 447 g/mol. The van der Waals surface area contributed by atoms with Crippen molar-refractivity contribution in [1.82, 2.24) is 0 Å². The Morgan fingerprint density at radius 3 is 1.71 bits per heavy atom. The molecule has 0 amide bonds. The summed E-state index contributed by atoms with van der Waals surface area (Å²) in [6, 6.07) is 37.7. The normalized spacial score (nSPS) is 11.5. The summed E-state index contributed by atoms with van der Waals surface area (Å²) in [7, 11) is 0. The standard InChI is InChI=1S/C31H26O3/c1-3-33-30(32)29-22(2)34-28-21-26(19-20-27(28)29)31(23-13-7-4-8-14-23,24-15-9-5-10-16-24)25-17-11-6-12-18-25/h4-21H,3H2,1-2H3. The van der Waals surface area contributed by atoms with Crippen LogP contribution in [0.5, 0.6) is 0 Å². The number of esters is 1. The second kappa shape index (κ2) is 9.03. The van der Waals surface area contributed by atoms with E-state index in [-0.39, 0.29) is 5.97 Å². The van der Waals surface area contributed by atoms with Crippen molar-refractivity contribution in [2.45, 2.75) is 19.3 Å². The van der Waals surface area contributed by atoms with Gasteiger partial charge in [0.05, 0.1) is 12.0 Å². The lowest BCUT2D eigenvalue weighted by Gasteiger charge is -2.36. The van der Waals surface area contributed by atoms with Crippen LogP contribution >= 0.6 is 0 Å². The highest BCUT2D eigenvalue weighted by Gasteiger charge is 2.38. The number of rotatable bonds is 6. The second-order valence-corrected chi connectivity index (χ2v) is 8.31. The molecule has 0 saturated carbocycles. The molecular formula is C31H26O3. The zero-order chi connectivity index (χ0) is 23.5. The summed E-state index contributed by atoms with van der Waals surface area (Å²) >= 11 is 0. The van der Waals surface area contributed by atoms with E-state index in [0.717, 1.165) is 27.6 Å². The van der Waals surface area contributed by atoms with Gasteiger partial charge in [-0.25, -0.2) is 4.79 Å². The van der Waals surface area contributed by atoms with Crippen LogP contribution in [0.1, 0.15) is 45.3 Å². The molecule has 5 rings (SSSR count). The molecule has 0 aliphatic carbocycles. The van der Waals surface area contributed by atoms with Gasteiger partial charge in [0.15, 0.2) is 0 Å². The fourth-order valence-electron chi connectivity index (χ4n) is 4.97. The molecule has 0 saturated heterocycles. The first-order chi connectivity index (χ1) is 16.7. The molecule has 0 radical (unpaired) electrons. The zero-order valence-corrected chi connectivity index (χ0v) is 19.3. The second-order valence-electron chi connectivity index (χ2n) is 8.31. The predicted molar refractivity (Wildman–Crippen MR) is 135 cm³/mol. The number of fused-ring (bicyclic) bond motifs is 1. The van der Waals surface area contributed by atoms with Gasteiger partial charge in [-0.1, -0.05) is 97.1 Å². The molecule has 4 aromatic carbocycles. The molecule has 0 unspecified atom stereocenters. The van der Waals surface area contributed by atoms with Crippen molar-refractivity contribution in [3.8, 4) is 0 Å². The molecule has 0 spiro atoms. The van der Waals surface area contributed by atoms with Gasteiger partial charge in [0.2, 0.25) is 0 Å². The Bertz CT molecular complexity index is 1320. The minimum atomic E-state index is -0.567. The average Bonchev–Trinajstić information content (AvgIpc) is 3.22. The summed E-state index contributed by atoms with van der Waals surface area (Å²) in [5, 5.41) is 0.766. The van der Waals surface area contributed by atoms with Crippen molar-refractivity contribution in [3.63, 3.8) is 0 Å². The molecule has 0 fully saturated rings. The van der Waals surface area contributed by atoms with Gasteiger partial charge >= 0.3 is 5.97 Å². The van der Waals surface area contributed by atoms with Gasteiger partial charge in [-0.15, -0.1) is 0 Å². The molecule has 3 nitrogen and oxygen atoms in total. The minimum absolute atomic E-state index is 0.322. The van der Waals surface area contributed by atoms with E-state index in [1.807, 2.05) is 38.1 Å². The van der Waals surface area contributed by atoms with E-state index in [4.69, 9.17) is 9.15 Å². The molecule has 0 atom stereocenters. The molecule has 3 heteroatoms. The highest BCUT2D eigenvalue weighted by atomic mass is 16.5. The number of hydrogen-bond acceptors (Lipinski definition) is 3. The van der Waals surface area contributed by atoms with E-state index < -0.39 is 5.41 Å². The molecule has 168 valence electrons. The van der Waals surface area contributed by atoms with Gasteiger partial charge in [-0.3, -0.25) is 0 Å². The summed E-state index contributed by atoms with van der Waals surface area (Å²) in [4.78, 5) is 12.6. The summed E-state index contributed by atoms with van der Waals surface area (Å²) in [6.45, 7) is 3.94. The van der Waals surface area contributed by atoms with E-state index in [1.165, 1.54) is 0 Å². The maximum Gasteiger partial charge on any atom is 0.342 e. The van der Waals surface area contributed by atoms with Crippen molar-refractivity contribution in [1.29, 1.82) is 0 Å². The van der Waals surface area contributed by atoms with Crippen LogP contribution in [0.25, 0.3) is 11.0 Å². The highest BCUT2D eigenvalue weighted by molar-refractivity contribution is 6.04. The molecule has 1 heterocycles. The maximum atomic E-state index is 12.6. The lowest BCUT2D eigenvalue weighted by Crippen LogP contribution is -2.30. The number of carbonyl (C=O) groups excluding carboxylic acids is 1. The van der Waals surface area contributed by atoms with E-state index >= 15 is 0 Å². The van der Waals surface area contributed by atoms with Gasteiger partial charge in [0.1, 0.15) is 16.9 Å². The van der Waals surface area contributed by atoms with Crippen LogP contribution in [0, 0.1) is 6.92 Å². The van der Waals surface area contributed by atoms with E-state index in [0.29, 0.717) is 23.5 Å². The van der Waals surface area contributed by atoms with E-state index in [9.17, 15) is 4.79 Å². The van der Waals surface area contributed by atoms with Crippen molar-refractivity contribution >= 4 is 16.9 Å². The zero-order valence-electron chi connectivity index (χ0n) is 19.3. The van der Waals surface area contributed by atoms with Crippen LogP contribution in [0.4, 0.5) is 0 Å². The van der Waals surface area contributed by atoms with Crippen molar-refractivity contribution in [3.05, 3.63) is 143 Å². The first-order valence-corrected chi connectivity index (χ1v) is 11.5. The minimum Gasteiger partial charge on any atom is -0.462 e. The Morgan fingerprint density at radius 1 is 0.735 bits per heavy atom. The molecule has 0 aliphatic heterocycles. The van der Waals surface area contributed by atoms with Crippen LogP contribution < -0.4 is 0 Å². The first-order valence-electron chi connectivity index (χ1n) is 11.5. The highest BCUT2D eigenvalue weighted by Crippen LogP contribution is 2.46. The number of ether oxygens (including phenoxy) is 1. The molecule has 1 aromatic heterocycles. The summed E-state index contributed by atoms with van der Waals surface area (Å²) in [6.07, 6.45) is 0. The van der Waals surface area contributed by atoms with Crippen LogP contribution in [-0.4, -0.2) is 12.6 Å². The van der Waals surface area contributed by atoms with E-state index in [2.05, 4.69) is 84.9 Å². The number of aryl methyl sites for hydroxylation is 1. The largest absolute Gasteiger partial charge is 0.462 e. The summed E-state index contributed by atoms with van der Waals surface area (Å²) in [5.41, 5.74) is 5.12. The predicted octanol–water partition coefficient (Wildman–Crippen LogP) is 7.30. The first kappa shape index (κ1) is 21.7. The fraction of sp³-hybridized carbons (Fsp3) is 0.129. The molecule has 34 heavy (non-hydrogen) atoms. The fourth-order valence-corrected chi connectivity index (χ4v) is 4.97. The number of hydrogen-bond donors (Lipinski definition) is 0. The summed E-state index contributed by atoms with van der Waals surface area (Å²) in [5.74, 6) is 0.210. The summed E-state index contributed by atoms with van der Waals surface area (Å²) < 4.78 is 11.4. The van der Waals surface area contributed by atoms with Crippen molar-refractivity contribution < 1.29 is 13.9 Å². The molecule has 0 N–H and O–H groups in total.